The molecule has 0 bridgehead atoms. The van der Waals surface area contributed by atoms with Gasteiger partial charge >= 0.3 is 0 Å². The molecule has 0 fully saturated rings. The van der Waals surface area contributed by atoms with Crippen LogP contribution in [0.2, 0.25) is 0 Å². The van der Waals surface area contributed by atoms with Crippen molar-refractivity contribution in [3.05, 3.63) is 10.6 Å². The zero-order chi connectivity index (χ0) is 13.1. The summed E-state index contributed by atoms with van der Waals surface area (Å²) in [4.78, 5) is 11.0. The Morgan fingerprint density at radius 1 is 0.667 bits per heavy atom. The summed E-state index contributed by atoms with van der Waals surface area (Å²) in [6, 6.07) is 0. The lowest BCUT2D eigenvalue weighted by molar-refractivity contribution is -0.105. The minimum atomic E-state index is 0.819. The summed E-state index contributed by atoms with van der Waals surface area (Å²) in [5.74, 6) is 0. The monoisotopic (exact) mass is 270 g/mol. The van der Waals surface area contributed by atoms with E-state index in [0.717, 1.165) is 42.6 Å². The number of hydrogen-bond donors (Lipinski definition) is 0. The Kier molecular flexibility index (Phi) is 9.28. The number of carbonyl (C=O) groups excluding carboxylic acids is 1. The molecule has 0 aromatic carbocycles. The second kappa shape index (κ2) is 10.6. The molecule has 0 aromatic heterocycles. The van der Waals surface area contributed by atoms with Crippen molar-refractivity contribution in [3.63, 3.8) is 0 Å². The molecule has 0 saturated carbocycles. The third kappa shape index (κ3) is 7.20. The summed E-state index contributed by atoms with van der Waals surface area (Å²) in [5.41, 5.74) is 0.853. The molecule has 0 spiro atoms. The Morgan fingerprint density at radius 2 is 1.06 bits per heavy atom. The first-order valence-electron chi connectivity index (χ1n) is 7.67. The van der Waals surface area contributed by atoms with E-state index in [2.05, 4.69) is 0 Å². The van der Waals surface area contributed by atoms with E-state index in [4.69, 9.17) is 11.6 Å². The molecule has 1 aliphatic rings. The lowest BCUT2D eigenvalue weighted by Crippen LogP contribution is -1.91. The van der Waals surface area contributed by atoms with Gasteiger partial charge in [0.15, 0.2) is 0 Å². The Balaban J connectivity index is 2.41. The minimum absolute atomic E-state index is 0.819. The van der Waals surface area contributed by atoms with Gasteiger partial charge in [-0.05, 0) is 25.7 Å². The SMILES string of the molecule is O=C/C1=C(\Cl)CCCCCCCCCCCCC1. The quantitative estimate of drug-likeness (QED) is 0.553. The van der Waals surface area contributed by atoms with Crippen LogP contribution in [0.5, 0.6) is 0 Å². The van der Waals surface area contributed by atoms with Crippen LogP contribution in [0.4, 0.5) is 0 Å². The highest BCUT2D eigenvalue weighted by Crippen LogP contribution is 2.22. The van der Waals surface area contributed by atoms with Gasteiger partial charge in [-0.15, -0.1) is 0 Å². The molecular weight excluding hydrogens is 244 g/mol. The van der Waals surface area contributed by atoms with Gasteiger partial charge in [0, 0.05) is 10.6 Å². The Labute approximate surface area is 117 Å². The smallest absolute Gasteiger partial charge is 0.147 e. The van der Waals surface area contributed by atoms with E-state index in [0.29, 0.717) is 0 Å². The molecule has 104 valence electrons. The van der Waals surface area contributed by atoms with Crippen molar-refractivity contribution in [2.24, 2.45) is 0 Å². The molecule has 0 amide bonds. The van der Waals surface area contributed by atoms with Crippen molar-refractivity contribution in [3.8, 4) is 0 Å². The van der Waals surface area contributed by atoms with Crippen molar-refractivity contribution in [1.29, 1.82) is 0 Å². The maximum Gasteiger partial charge on any atom is 0.147 e. The molecule has 0 radical (unpaired) electrons. The van der Waals surface area contributed by atoms with Gasteiger partial charge in [0.1, 0.15) is 6.29 Å². The first kappa shape index (κ1) is 15.8. The predicted molar refractivity (Wildman–Crippen MR) is 79.0 cm³/mol. The predicted octanol–water partition coefficient (Wildman–Crippen LogP) is 5.76. The van der Waals surface area contributed by atoms with Crippen LogP contribution in [0.25, 0.3) is 0 Å². The van der Waals surface area contributed by atoms with E-state index in [-0.39, 0.29) is 0 Å². The van der Waals surface area contributed by atoms with Gasteiger partial charge in [0.05, 0.1) is 0 Å². The Bertz CT molecular complexity index is 258. The fourth-order valence-corrected chi connectivity index (χ4v) is 2.88. The molecule has 0 saturated heterocycles. The van der Waals surface area contributed by atoms with Crippen LogP contribution in [0, 0.1) is 0 Å². The molecule has 18 heavy (non-hydrogen) atoms. The van der Waals surface area contributed by atoms with E-state index in [1.807, 2.05) is 0 Å². The topological polar surface area (TPSA) is 17.1 Å². The van der Waals surface area contributed by atoms with Crippen molar-refractivity contribution < 1.29 is 4.79 Å². The van der Waals surface area contributed by atoms with Crippen LogP contribution in [-0.2, 0) is 4.79 Å². The summed E-state index contributed by atoms with van der Waals surface area (Å²) in [6.07, 6.45) is 17.0. The average molecular weight is 271 g/mol. The third-order valence-electron chi connectivity index (χ3n) is 3.83. The number of hydrogen-bond acceptors (Lipinski definition) is 1. The van der Waals surface area contributed by atoms with E-state index < -0.39 is 0 Å². The standard InChI is InChI=1S/C16H27ClO/c17-16-13-11-9-7-5-3-1-2-4-6-8-10-12-15(16)14-18/h14H,1-13H2/b16-15-. The summed E-state index contributed by atoms with van der Waals surface area (Å²) in [7, 11) is 0. The van der Waals surface area contributed by atoms with E-state index in [9.17, 15) is 4.79 Å². The van der Waals surface area contributed by atoms with Gasteiger partial charge in [-0.2, -0.15) is 0 Å². The van der Waals surface area contributed by atoms with E-state index in [1.54, 1.807) is 0 Å². The summed E-state index contributed by atoms with van der Waals surface area (Å²) < 4.78 is 0. The average Bonchev–Trinajstić information content (AvgIpc) is 2.39. The first-order chi connectivity index (χ1) is 8.84. The van der Waals surface area contributed by atoms with Gasteiger partial charge in [-0.3, -0.25) is 4.79 Å². The maximum absolute atomic E-state index is 11.0. The third-order valence-corrected chi connectivity index (χ3v) is 4.26. The second-order valence-corrected chi connectivity index (χ2v) is 5.89. The largest absolute Gasteiger partial charge is 0.298 e. The number of rotatable bonds is 1. The maximum atomic E-state index is 11.0. The summed E-state index contributed by atoms with van der Waals surface area (Å²) >= 11 is 6.23. The van der Waals surface area contributed by atoms with Crippen LogP contribution in [0.1, 0.15) is 83.5 Å². The van der Waals surface area contributed by atoms with Crippen molar-refractivity contribution in [2.75, 3.05) is 0 Å². The van der Waals surface area contributed by atoms with Gasteiger partial charge in [-0.25, -0.2) is 0 Å². The van der Waals surface area contributed by atoms with Crippen LogP contribution < -0.4 is 0 Å². The van der Waals surface area contributed by atoms with Crippen LogP contribution >= 0.6 is 11.6 Å². The van der Waals surface area contributed by atoms with Crippen molar-refractivity contribution in [2.45, 2.75) is 83.5 Å². The summed E-state index contributed by atoms with van der Waals surface area (Å²) in [5, 5.41) is 0.819. The highest BCUT2D eigenvalue weighted by molar-refractivity contribution is 6.31. The van der Waals surface area contributed by atoms with Crippen molar-refractivity contribution >= 4 is 17.9 Å². The van der Waals surface area contributed by atoms with Crippen molar-refractivity contribution in [1.82, 2.24) is 0 Å². The van der Waals surface area contributed by atoms with Gasteiger partial charge in [0.2, 0.25) is 0 Å². The van der Waals surface area contributed by atoms with Crippen LogP contribution in [-0.4, -0.2) is 6.29 Å². The molecule has 1 rings (SSSR count). The van der Waals surface area contributed by atoms with Crippen LogP contribution in [0.3, 0.4) is 0 Å². The lowest BCUT2D eigenvalue weighted by atomic mass is 10.0. The molecule has 0 heterocycles. The normalized spacial score (nSPS) is 26.1. The number of allylic oxidation sites excluding steroid dienone is 2. The van der Waals surface area contributed by atoms with Gasteiger partial charge in [0.25, 0.3) is 0 Å². The second-order valence-electron chi connectivity index (χ2n) is 5.44. The molecular formula is C16H27ClO. The fourth-order valence-electron chi connectivity index (χ4n) is 2.61. The minimum Gasteiger partial charge on any atom is -0.298 e. The van der Waals surface area contributed by atoms with E-state index in [1.165, 1.54) is 57.8 Å². The highest BCUT2D eigenvalue weighted by Gasteiger charge is 2.05. The lowest BCUT2D eigenvalue weighted by Gasteiger charge is -2.05. The molecule has 0 aromatic rings. The fraction of sp³-hybridized carbons (Fsp3) is 0.812. The molecule has 0 unspecified atom stereocenters. The molecule has 1 nitrogen and oxygen atoms in total. The van der Waals surface area contributed by atoms with E-state index >= 15 is 0 Å². The van der Waals surface area contributed by atoms with Gasteiger partial charge in [-0.1, -0.05) is 69.4 Å². The number of carbonyl (C=O) groups is 1. The highest BCUT2D eigenvalue weighted by atomic mass is 35.5. The Hall–Kier alpha value is -0.300. The zero-order valence-corrected chi connectivity index (χ0v) is 12.3. The van der Waals surface area contributed by atoms with Crippen LogP contribution in [0.15, 0.2) is 10.6 Å². The number of halogens is 1. The molecule has 0 aliphatic heterocycles. The molecule has 0 N–H and O–H groups in total. The Morgan fingerprint density at radius 3 is 1.50 bits per heavy atom. The number of aldehydes is 1. The zero-order valence-electron chi connectivity index (χ0n) is 11.6. The molecule has 0 atom stereocenters. The van der Waals surface area contributed by atoms with Gasteiger partial charge < -0.3 is 0 Å². The first-order valence-corrected chi connectivity index (χ1v) is 8.05. The molecule has 2 heteroatoms. The molecule has 1 aliphatic carbocycles. The summed E-state index contributed by atoms with van der Waals surface area (Å²) in [6.45, 7) is 0.